The van der Waals surface area contributed by atoms with Crippen molar-refractivity contribution in [2.75, 3.05) is 0 Å². The zero-order valence-electron chi connectivity index (χ0n) is 8.77. The average molecular weight is 200 g/mol. The maximum absolute atomic E-state index is 12.0. The molecule has 0 bridgehead atoms. The third-order valence-corrected chi connectivity index (χ3v) is 2.33. The summed E-state index contributed by atoms with van der Waals surface area (Å²) in [6.07, 6.45) is 3.36. The molecule has 1 aromatic heterocycles. The topological polar surface area (TPSA) is 34.9 Å². The van der Waals surface area contributed by atoms with Crippen molar-refractivity contribution < 1.29 is 4.79 Å². The third kappa shape index (κ3) is 1.81. The van der Waals surface area contributed by atoms with Gasteiger partial charge in [0.05, 0.1) is 6.33 Å². The first-order valence-corrected chi connectivity index (χ1v) is 4.77. The molecule has 0 unspecified atom stereocenters. The summed E-state index contributed by atoms with van der Waals surface area (Å²) in [4.78, 5) is 16.1. The van der Waals surface area contributed by atoms with Gasteiger partial charge in [-0.15, -0.1) is 0 Å². The molecule has 1 heterocycles. The zero-order chi connectivity index (χ0) is 10.8. The molecule has 76 valence electrons. The van der Waals surface area contributed by atoms with Gasteiger partial charge in [0.1, 0.15) is 5.69 Å². The monoisotopic (exact) mass is 200 g/mol. The predicted octanol–water partition coefficient (Wildman–Crippen LogP) is 1.96. The molecule has 0 amide bonds. The van der Waals surface area contributed by atoms with E-state index in [9.17, 15) is 4.79 Å². The Morgan fingerprint density at radius 1 is 1.33 bits per heavy atom. The number of imidazole rings is 1. The Balaban J connectivity index is 2.41. The van der Waals surface area contributed by atoms with Crippen LogP contribution in [0, 0.1) is 6.92 Å². The van der Waals surface area contributed by atoms with Gasteiger partial charge in [0.25, 0.3) is 0 Å². The molecule has 0 saturated heterocycles. The number of carbonyl (C=O) groups excluding carboxylic acids is 1. The quantitative estimate of drug-likeness (QED) is 0.694. The van der Waals surface area contributed by atoms with Crippen LogP contribution in [0.3, 0.4) is 0 Å². The Kier molecular flexibility index (Phi) is 2.37. The highest BCUT2D eigenvalue weighted by atomic mass is 16.1. The van der Waals surface area contributed by atoms with E-state index in [2.05, 4.69) is 4.98 Å². The molecule has 0 atom stereocenters. The van der Waals surface area contributed by atoms with Crippen molar-refractivity contribution >= 4 is 5.78 Å². The molecule has 0 N–H and O–H groups in total. The lowest BCUT2D eigenvalue weighted by atomic mass is 10.0. The summed E-state index contributed by atoms with van der Waals surface area (Å²) in [6.45, 7) is 1.93. The molecule has 0 aliphatic carbocycles. The average Bonchev–Trinajstić information content (AvgIpc) is 2.65. The minimum Gasteiger partial charge on any atom is -0.340 e. The number of aryl methyl sites for hydroxylation is 2. The standard InChI is InChI=1S/C12H12N2O/c1-9-5-3-4-6-10(9)12(15)11-7-14(2)8-13-11/h3-8H,1-2H3. The summed E-state index contributed by atoms with van der Waals surface area (Å²) in [5.74, 6) is -0.0197. The molecular formula is C12H12N2O. The minimum absolute atomic E-state index is 0.0197. The number of aromatic nitrogens is 2. The van der Waals surface area contributed by atoms with E-state index in [-0.39, 0.29) is 5.78 Å². The second-order valence-corrected chi connectivity index (χ2v) is 3.57. The van der Waals surface area contributed by atoms with Crippen LogP contribution in [0.1, 0.15) is 21.6 Å². The summed E-state index contributed by atoms with van der Waals surface area (Å²) in [7, 11) is 1.85. The normalized spacial score (nSPS) is 10.3. The van der Waals surface area contributed by atoms with Gasteiger partial charge in [-0.25, -0.2) is 4.98 Å². The van der Waals surface area contributed by atoms with E-state index in [1.807, 2.05) is 38.2 Å². The van der Waals surface area contributed by atoms with Crippen molar-refractivity contribution in [2.24, 2.45) is 7.05 Å². The van der Waals surface area contributed by atoms with Gasteiger partial charge < -0.3 is 4.57 Å². The SMILES string of the molecule is Cc1ccccc1C(=O)c1cn(C)cn1. The van der Waals surface area contributed by atoms with Crippen LogP contribution in [0.25, 0.3) is 0 Å². The Morgan fingerprint density at radius 3 is 2.67 bits per heavy atom. The Morgan fingerprint density at radius 2 is 2.07 bits per heavy atom. The van der Waals surface area contributed by atoms with E-state index >= 15 is 0 Å². The van der Waals surface area contributed by atoms with Crippen LogP contribution in [0.2, 0.25) is 0 Å². The molecule has 0 saturated carbocycles. The van der Waals surface area contributed by atoms with Crippen molar-refractivity contribution in [1.29, 1.82) is 0 Å². The fourth-order valence-corrected chi connectivity index (χ4v) is 1.50. The summed E-state index contributed by atoms with van der Waals surface area (Å²) in [5.41, 5.74) is 2.19. The first-order valence-electron chi connectivity index (χ1n) is 4.77. The largest absolute Gasteiger partial charge is 0.340 e. The van der Waals surface area contributed by atoms with Gasteiger partial charge in [0.15, 0.2) is 0 Å². The smallest absolute Gasteiger partial charge is 0.213 e. The van der Waals surface area contributed by atoms with Crippen molar-refractivity contribution in [1.82, 2.24) is 9.55 Å². The molecular weight excluding hydrogens is 188 g/mol. The molecule has 0 radical (unpaired) electrons. The Labute approximate surface area is 88.4 Å². The van der Waals surface area contributed by atoms with Crippen molar-refractivity contribution in [3.8, 4) is 0 Å². The van der Waals surface area contributed by atoms with Crippen LogP contribution in [0.5, 0.6) is 0 Å². The van der Waals surface area contributed by atoms with Crippen LogP contribution >= 0.6 is 0 Å². The van der Waals surface area contributed by atoms with E-state index < -0.39 is 0 Å². The fraction of sp³-hybridized carbons (Fsp3) is 0.167. The van der Waals surface area contributed by atoms with E-state index in [1.165, 1.54) is 0 Å². The number of ketones is 1. The van der Waals surface area contributed by atoms with Crippen molar-refractivity contribution in [3.05, 3.63) is 53.6 Å². The number of nitrogens with zero attached hydrogens (tertiary/aromatic N) is 2. The van der Waals surface area contributed by atoms with Crippen LogP contribution < -0.4 is 0 Å². The third-order valence-electron chi connectivity index (χ3n) is 2.33. The predicted molar refractivity (Wildman–Crippen MR) is 57.8 cm³/mol. The molecule has 3 heteroatoms. The fourth-order valence-electron chi connectivity index (χ4n) is 1.50. The lowest BCUT2D eigenvalue weighted by Crippen LogP contribution is -2.03. The lowest BCUT2D eigenvalue weighted by Gasteiger charge is -2.01. The number of hydrogen-bond acceptors (Lipinski definition) is 2. The molecule has 2 aromatic rings. The van der Waals surface area contributed by atoms with E-state index in [1.54, 1.807) is 17.1 Å². The molecule has 0 aliphatic rings. The van der Waals surface area contributed by atoms with Gasteiger partial charge in [-0.2, -0.15) is 0 Å². The molecule has 1 aromatic carbocycles. The van der Waals surface area contributed by atoms with E-state index in [0.29, 0.717) is 5.69 Å². The highest BCUT2D eigenvalue weighted by Crippen LogP contribution is 2.11. The Hall–Kier alpha value is -1.90. The number of carbonyl (C=O) groups is 1. The van der Waals surface area contributed by atoms with E-state index in [0.717, 1.165) is 11.1 Å². The van der Waals surface area contributed by atoms with Gasteiger partial charge >= 0.3 is 0 Å². The molecule has 3 nitrogen and oxygen atoms in total. The highest BCUT2D eigenvalue weighted by molar-refractivity contribution is 6.08. The van der Waals surface area contributed by atoms with Gasteiger partial charge in [-0.05, 0) is 12.5 Å². The first kappa shape index (κ1) is 9.65. The van der Waals surface area contributed by atoms with Gasteiger partial charge in [-0.3, -0.25) is 4.79 Å². The van der Waals surface area contributed by atoms with Crippen LogP contribution in [-0.4, -0.2) is 15.3 Å². The van der Waals surface area contributed by atoms with Crippen molar-refractivity contribution in [2.45, 2.75) is 6.92 Å². The lowest BCUT2D eigenvalue weighted by molar-refractivity contribution is 0.103. The number of rotatable bonds is 2. The van der Waals surface area contributed by atoms with Gasteiger partial charge in [0.2, 0.25) is 5.78 Å². The van der Waals surface area contributed by atoms with Gasteiger partial charge in [0, 0.05) is 18.8 Å². The number of benzene rings is 1. The molecule has 0 fully saturated rings. The minimum atomic E-state index is -0.0197. The second kappa shape index (κ2) is 3.69. The van der Waals surface area contributed by atoms with Crippen LogP contribution in [0.4, 0.5) is 0 Å². The summed E-state index contributed by atoms with van der Waals surface area (Å²) >= 11 is 0. The number of hydrogen-bond donors (Lipinski definition) is 0. The van der Waals surface area contributed by atoms with Crippen LogP contribution in [-0.2, 0) is 7.05 Å². The molecule has 2 rings (SSSR count). The van der Waals surface area contributed by atoms with E-state index in [4.69, 9.17) is 0 Å². The maximum Gasteiger partial charge on any atom is 0.213 e. The van der Waals surface area contributed by atoms with Crippen LogP contribution in [0.15, 0.2) is 36.8 Å². The molecule has 0 aliphatic heterocycles. The first-order chi connectivity index (χ1) is 7.18. The summed E-state index contributed by atoms with van der Waals surface area (Å²) in [6, 6.07) is 7.54. The summed E-state index contributed by atoms with van der Waals surface area (Å²) < 4.78 is 1.77. The Bertz CT molecular complexity index is 500. The second-order valence-electron chi connectivity index (χ2n) is 3.57. The zero-order valence-corrected chi connectivity index (χ0v) is 8.77. The summed E-state index contributed by atoms with van der Waals surface area (Å²) in [5, 5.41) is 0. The van der Waals surface area contributed by atoms with Crippen molar-refractivity contribution in [3.63, 3.8) is 0 Å². The van der Waals surface area contributed by atoms with Gasteiger partial charge in [-0.1, -0.05) is 24.3 Å². The maximum atomic E-state index is 12.0. The molecule has 0 spiro atoms. The molecule has 15 heavy (non-hydrogen) atoms. The highest BCUT2D eigenvalue weighted by Gasteiger charge is 2.12.